The Bertz CT molecular complexity index is 810. The first-order valence-electron chi connectivity index (χ1n) is 8.50. The van der Waals surface area contributed by atoms with E-state index in [4.69, 9.17) is 16.3 Å². The Kier molecular flexibility index (Phi) is 6.42. The van der Waals surface area contributed by atoms with Gasteiger partial charge in [0.05, 0.1) is 34.7 Å². The number of nitrogens with zero attached hydrogens (tertiary/aromatic N) is 4. The van der Waals surface area contributed by atoms with Crippen LogP contribution >= 0.6 is 11.6 Å². The summed E-state index contributed by atoms with van der Waals surface area (Å²) in [5.41, 5.74) is 1.99. The maximum atomic E-state index is 12.3. The summed E-state index contributed by atoms with van der Waals surface area (Å²) < 4.78 is 8.45. The zero-order valence-electron chi connectivity index (χ0n) is 15.7. The second kappa shape index (κ2) is 8.35. The van der Waals surface area contributed by atoms with Gasteiger partial charge in [-0.15, -0.1) is 0 Å². The van der Waals surface area contributed by atoms with Gasteiger partial charge in [0.2, 0.25) is 5.91 Å². The lowest BCUT2D eigenvalue weighted by molar-refractivity contribution is -0.116. The number of amides is 1. The van der Waals surface area contributed by atoms with Gasteiger partial charge in [0.15, 0.2) is 5.69 Å². The number of halogens is 1. The van der Waals surface area contributed by atoms with Crippen molar-refractivity contribution in [1.82, 2.24) is 19.6 Å². The first kappa shape index (κ1) is 20.0. The van der Waals surface area contributed by atoms with Crippen molar-refractivity contribution in [1.29, 1.82) is 0 Å². The van der Waals surface area contributed by atoms with Crippen molar-refractivity contribution in [2.75, 3.05) is 5.32 Å². The zero-order valence-corrected chi connectivity index (χ0v) is 16.4. The van der Waals surface area contributed by atoms with Crippen molar-refractivity contribution < 1.29 is 14.3 Å². The number of hydrogen-bond acceptors (Lipinski definition) is 5. The first-order valence-corrected chi connectivity index (χ1v) is 8.88. The van der Waals surface area contributed by atoms with E-state index in [2.05, 4.69) is 15.5 Å². The van der Waals surface area contributed by atoms with E-state index < -0.39 is 5.97 Å². The van der Waals surface area contributed by atoms with Crippen LogP contribution in [0.15, 0.2) is 6.20 Å². The van der Waals surface area contributed by atoms with Gasteiger partial charge >= 0.3 is 5.97 Å². The van der Waals surface area contributed by atoms with E-state index in [9.17, 15) is 9.59 Å². The molecule has 0 aliphatic rings. The Balaban J connectivity index is 2.07. The average Bonchev–Trinajstić information content (AvgIpc) is 3.09. The minimum absolute atomic E-state index is 0.100. The van der Waals surface area contributed by atoms with E-state index in [1.54, 1.807) is 29.4 Å². The molecule has 0 spiro atoms. The van der Waals surface area contributed by atoms with Gasteiger partial charge in [-0.2, -0.15) is 10.2 Å². The van der Waals surface area contributed by atoms with Crippen LogP contribution in [0.2, 0.25) is 5.02 Å². The predicted octanol–water partition coefficient (Wildman–Crippen LogP) is 2.96. The molecule has 0 bridgehead atoms. The van der Waals surface area contributed by atoms with Gasteiger partial charge in [0, 0.05) is 19.2 Å². The number of nitrogens with one attached hydrogen (secondary N) is 1. The van der Waals surface area contributed by atoms with Crippen molar-refractivity contribution in [2.24, 2.45) is 0 Å². The topological polar surface area (TPSA) is 91.0 Å². The summed E-state index contributed by atoms with van der Waals surface area (Å²) in [7, 11) is 0. The van der Waals surface area contributed by atoms with E-state index in [0.29, 0.717) is 23.8 Å². The summed E-state index contributed by atoms with van der Waals surface area (Å²) in [6.45, 7) is 10.0. The van der Waals surface area contributed by atoms with Crippen LogP contribution in [0.1, 0.15) is 49.1 Å². The van der Waals surface area contributed by atoms with E-state index in [1.807, 2.05) is 20.8 Å². The smallest absolute Gasteiger partial charge is 0.361 e. The third kappa shape index (κ3) is 4.63. The Labute approximate surface area is 157 Å². The molecule has 1 N–H and O–H groups in total. The molecule has 8 nitrogen and oxygen atoms in total. The quantitative estimate of drug-likeness (QED) is 0.744. The highest BCUT2D eigenvalue weighted by atomic mass is 35.5. The first-order chi connectivity index (χ1) is 12.2. The summed E-state index contributed by atoms with van der Waals surface area (Å²) in [4.78, 5) is 24.5. The van der Waals surface area contributed by atoms with Crippen LogP contribution in [0.25, 0.3) is 0 Å². The van der Waals surface area contributed by atoms with Gasteiger partial charge in [0.1, 0.15) is 0 Å². The SMILES string of the molecule is CCn1cc(NC(=O)CCn2nc(C)c(Cl)c2C)c(C(=O)OC(C)C)n1. The van der Waals surface area contributed by atoms with Gasteiger partial charge in [-0.25, -0.2) is 4.79 Å². The number of ether oxygens (including phenoxy) is 1. The summed E-state index contributed by atoms with van der Waals surface area (Å²) in [6.07, 6.45) is 1.54. The van der Waals surface area contributed by atoms with Gasteiger partial charge < -0.3 is 10.1 Å². The normalized spacial score (nSPS) is 11.0. The number of hydrogen-bond donors (Lipinski definition) is 1. The van der Waals surface area contributed by atoms with Crippen molar-refractivity contribution in [3.05, 3.63) is 28.3 Å². The predicted molar refractivity (Wildman–Crippen MR) is 98.4 cm³/mol. The molecule has 0 fully saturated rings. The minimum atomic E-state index is -0.562. The molecule has 9 heteroatoms. The zero-order chi connectivity index (χ0) is 19.4. The van der Waals surface area contributed by atoms with Gasteiger partial charge in [-0.3, -0.25) is 14.2 Å². The standard InChI is InChI=1S/C17H24ClN5O3/c1-6-22-9-13(16(21-22)17(25)26-10(2)3)19-14(24)7-8-23-12(5)15(18)11(4)20-23/h9-10H,6-8H2,1-5H3,(H,19,24). The number of rotatable bonds is 7. The van der Waals surface area contributed by atoms with Crippen molar-refractivity contribution >= 4 is 29.2 Å². The van der Waals surface area contributed by atoms with E-state index in [0.717, 1.165) is 11.4 Å². The number of anilines is 1. The Morgan fingerprint density at radius 1 is 1.31 bits per heavy atom. The van der Waals surface area contributed by atoms with Crippen LogP contribution in [0.5, 0.6) is 0 Å². The number of aromatic nitrogens is 4. The number of aryl methyl sites for hydroxylation is 3. The fourth-order valence-corrected chi connectivity index (χ4v) is 2.54. The molecular weight excluding hydrogens is 358 g/mol. The van der Waals surface area contributed by atoms with E-state index in [1.165, 1.54) is 0 Å². The van der Waals surface area contributed by atoms with E-state index >= 15 is 0 Å². The third-order valence-electron chi connectivity index (χ3n) is 3.74. The average molecular weight is 382 g/mol. The minimum Gasteiger partial charge on any atom is -0.458 e. The number of esters is 1. The molecule has 0 aliphatic heterocycles. The molecule has 0 radical (unpaired) electrons. The molecule has 0 unspecified atom stereocenters. The fraction of sp³-hybridized carbons (Fsp3) is 0.529. The number of carbonyl (C=O) groups excluding carboxylic acids is 2. The largest absolute Gasteiger partial charge is 0.458 e. The Morgan fingerprint density at radius 2 is 2.00 bits per heavy atom. The third-order valence-corrected chi connectivity index (χ3v) is 4.29. The molecular formula is C17H24ClN5O3. The highest BCUT2D eigenvalue weighted by molar-refractivity contribution is 6.31. The van der Waals surface area contributed by atoms with Crippen LogP contribution in [0.3, 0.4) is 0 Å². The molecule has 1 amide bonds. The summed E-state index contributed by atoms with van der Waals surface area (Å²) >= 11 is 6.11. The van der Waals surface area contributed by atoms with Crippen molar-refractivity contribution in [2.45, 2.75) is 60.2 Å². The molecule has 2 aromatic rings. The molecule has 2 aromatic heterocycles. The highest BCUT2D eigenvalue weighted by Crippen LogP contribution is 2.20. The molecule has 2 rings (SSSR count). The van der Waals surface area contributed by atoms with Crippen molar-refractivity contribution in [3.63, 3.8) is 0 Å². The van der Waals surface area contributed by atoms with Gasteiger partial charge in [-0.05, 0) is 34.6 Å². The molecule has 0 saturated heterocycles. The van der Waals surface area contributed by atoms with Crippen molar-refractivity contribution in [3.8, 4) is 0 Å². The molecule has 0 saturated carbocycles. The summed E-state index contributed by atoms with van der Waals surface area (Å²) in [5, 5.41) is 11.8. The fourth-order valence-electron chi connectivity index (χ4n) is 2.41. The lowest BCUT2D eigenvalue weighted by Crippen LogP contribution is -2.18. The summed E-state index contributed by atoms with van der Waals surface area (Å²) in [6, 6.07) is 0. The highest BCUT2D eigenvalue weighted by Gasteiger charge is 2.21. The lowest BCUT2D eigenvalue weighted by atomic mass is 10.3. The Morgan fingerprint density at radius 3 is 2.54 bits per heavy atom. The second-order valence-electron chi connectivity index (χ2n) is 6.21. The van der Waals surface area contributed by atoms with Crippen LogP contribution in [-0.4, -0.2) is 37.5 Å². The van der Waals surface area contributed by atoms with Crippen LogP contribution in [0, 0.1) is 13.8 Å². The van der Waals surface area contributed by atoms with Crippen LogP contribution in [0.4, 0.5) is 5.69 Å². The van der Waals surface area contributed by atoms with Crippen LogP contribution < -0.4 is 5.32 Å². The van der Waals surface area contributed by atoms with Crippen LogP contribution in [-0.2, 0) is 22.6 Å². The Hall–Kier alpha value is -2.35. The molecule has 0 aromatic carbocycles. The van der Waals surface area contributed by atoms with Gasteiger partial charge in [-0.1, -0.05) is 11.6 Å². The van der Waals surface area contributed by atoms with E-state index in [-0.39, 0.29) is 24.1 Å². The molecule has 26 heavy (non-hydrogen) atoms. The maximum Gasteiger partial charge on any atom is 0.361 e. The summed E-state index contributed by atoms with van der Waals surface area (Å²) in [5.74, 6) is -0.809. The molecule has 142 valence electrons. The lowest BCUT2D eigenvalue weighted by Gasteiger charge is -2.08. The number of carbonyl (C=O) groups is 2. The monoisotopic (exact) mass is 381 g/mol. The van der Waals surface area contributed by atoms with Gasteiger partial charge in [0.25, 0.3) is 0 Å². The maximum absolute atomic E-state index is 12.3. The second-order valence-corrected chi connectivity index (χ2v) is 6.59. The molecule has 0 atom stereocenters. The molecule has 0 aliphatic carbocycles. The molecule has 2 heterocycles.